The number of carbonyl (C=O) groups is 2. The first-order valence-corrected chi connectivity index (χ1v) is 8.52. The van der Waals surface area contributed by atoms with Crippen LogP contribution >= 0.6 is 12.4 Å². The van der Waals surface area contributed by atoms with E-state index < -0.39 is 10.0 Å². The molecule has 1 aromatic carbocycles. The van der Waals surface area contributed by atoms with Crippen molar-refractivity contribution in [2.45, 2.75) is 18.2 Å². The highest BCUT2D eigenvalue weighted by Gasteiger charge is 2.22. The molecule has 0 aliphatic heterocycles. The third-order valence-electron chi connectivity index (χ3n) is 2.95. The van der Waals surface area contributed by atoms with E-state index in [4.69, 9.17) is 5.73 Å². The molecule has 136 valence electrons. The second-order valence-corrected chi connectivity index (χ2v) is 7.00. The molecule has 8 nitrogen and oxygen atoms in total. The second-order valence-electron chi connectivity index (χ2n) is 4.96. The maximum absolute atomic E-state index is 12.4. The summed E-state index contributed by atoms with van der Waals surface area (Å²) in [6.07, 6.45) is 0.632. The van der Waals surface area contributed by atoms with E-state index in [-0.39, 0.29) is 35.7 Å². The number of benzene rings is 1. The molecule has 1 aromatic rings. The first kappa shape index (κ1) is 22.3. The van der Waals surface area contributed by atoms with Crippen LogP contribution < -0.4 is 16.4 Å². The van der Waals surface area contributed by atoms with Gasteiger partial charge in [0, 0.05) is 26.2 Å². The average Bonchev–Trinajstić information content (AvgIpc) is 2.47. The Hall–Kier alpha value is -1.68. The number of sulfonamides is 1. The zero-order valence-corrected chi connectivity index (χ0v) is 15.2. The van der Waals surface area contributed by atoms with Crippen LogP contribution in [0.5, 0.6) is 0 Å². The molecular weight excluding hydrogens is 356 g/mol. The topological polar surface area (TPSA) is 122 Å². The Morgan fingerprint density at radius 2 is 1.79 bits per heavy atom. The van der Waals surface area contributed by atoms with E-state index in [0.29, 0.717) is 25.2 Å². The van der Waals surface area contributed by atoms with Crippen molar-refractivity contribution >= 4 is 39.9 Å². The van der Waals surface area contributed by atoms with Gasteiger partial charge in [0.1, 0.15) is 0 Å². The normalized spacial score (nSPS) is 10.8. The average molecular weight is 379 g/mol. The predicted molar refractivity (Wildman–Crippen MR) is 94.5 cm³/mol. The van der Waals surface area contributed by atoms with E-state index in [0.717, 1.165) is 4.31 Å². The van der Waals surface area contributed by atoms with Crippen molar-refractivity contribution in [3.63, 3.8) is 0 Å². The summed E-state index contributed by atoms with van der Waals surface area (Å²) >= 11 is 0. The van der Waals surface area contributed by atoms with Crippen molar-refractivity contribution in [2.75, 3.05) is 32.0 Å². The quantitative estimate of drug-likeness (QED) is 0.556. The molecule has 0 aliphatic rings. The Kier molecular flexibility index (Phi) is 9.52. The molecule has 0 saturated heterocycles. The summed E-state index contributed by atoms with van der Waals surface area (Å²) in [5.74, 6) is -0.633. The van der Waals surface area contributed by atoms with Gasteiger partial charge in [0.2, 0.25) is 21.8 Å². The molecule has 0 saturated carbocycles. The smallest absolute Gasteiger partial charge is 0.243 e. The van der Waals surface area contributed by atoms with Crippen LogP contribution in [-0.4, -0.2) is 51.2 Å². The van der Waals surface area contributed by atoms with Gasteiger partial charge in [-0.3, -0.25) is 9.59 Å². The van der Waals surface area contributed by atoms with Crippen LogP contribution in [0.4, 0.5) is 5.69 Å². The number of carbonyl (C=O) groups excluding carboxylic acids is 2. The molecule has 10 heteroatoms. The van der Waals surface area contributed by atoms with Crippen molar-refractivity contribution in [1.82, 2.24) is 9.62 Å². The van der Waals surface area contributed by atoms with Crippen LogP contribution in [0.15, 0.2) is 29.2 Å². The number of nitrogens with zero attached hydrogens (tertiary/aromatic N) is 1. The van der Waals surface area contributed by atoms with Gasteiger partial charge in [-0.05, 0) is 37.2 Å². The Balaban J connectivity index is 0.00000529. The van der Waals surface area contributed by atoms with E-state index in [9.17, 15) is 18.0 Å². The van der Waals surface area contributed by atoms with Crippen LogP contribution in [0.2, 0.25) is 0 Å². The number of nitrogens with two attached hydrogens (primary N) is 1. The number of hydrogen-bond acceptors (Lipinski definition) is 5. The predicted octanol–water partition coefficient (Wildman–Crippen LogP) is 0.152. The molecule has 0 aromatic heterocycles. The molecule has 0 fully saturated rings. The Labute approximate surface area is 148 Å². The molecule has 0 spiro atoms. The molecule has 2 amide bonds. The summed E-state index contributed by atoms with van der Waals surface area (Å²) in [5, 5.41) is 5.15. The number of halogens is 1. The van der Waals surface area contributed by atoms with Crippen molar-refractivity contribution in [3.05, 3.63) is 24.3 Å². The highest BCUT2D eigenvalue weighted by atomic mass is 35.5. The van der Waals surface area contributed by atoms with Crippen LogP contribution in [0, 0.1) is 0 Å². The number of anilines is 1. The lowest BCUT2D eigenvalue weighted by molar-refractivity contribution is -0.121. The third-order valence-corrected chi connectivity index (χ3v) is 4.77. The molecule has 24 heavy (non-hydrogen) atoms. The Bertz CT molecular complexity index is 649. The summed E-state index contributed by atoms with van der Waals surface area (Å²) in [7, 11) is -2.44. The molecule has 1 rings (SSSR count). The van der Waals surface area contributed by atoms with Crippen LogP contribution in [0.1, 0.15) is 13.3 Å². The maximum Gasteiger partial charge on any atom is 0.243 e. The second kappa shape index (κ2) is 10.2. The van der Waals surface area contributed by atoms with Gasteiger partial charge in [0.15, 0.2) is 0 Å². The Morgan fingerprint density at radius 3 is 2.29 bits per heavy atom. The van der Waals surface area contributed by atoms with Gasteiger partial charge in [-0.2, -0.15) is 4.31 Å². The first-order valence-electron chi connectivity index (χ1n) is 7.08. The van der Waals surface area contributed by atoms with E-state index in [1.807, 2.05) is 0 Å². The maximum atomic E-state index is 12.4. The minimum absolute atomic E-state index is 0. The number of hydrogen-bond donors (Lipinski definition) is 3. The summed E-state index contributed by atoms with van der Waals surface area (Å²) < 4.78 is 25.7. The molecule has 0 radical (unpaired) electrons. The molecule has 0 aliphatic carbocycles. The third kappa shape index (κ3) is 6.83. The SMILES string of the molecule is CC(=O)Nc1ccc(S(=O)(=O)N(C)CC(=O)NCCCN)cc1.Cl. The van der Waals surface area contributed by atoms with Crippen molar-refractivity contribution in [3.8, 4) is 0 Å². The molecule has 0 heterocycles. The Morgan fingerprint density at radius 1 is 1.21 bits per heavy atom. The van der Waals surface area contributed by atoms with Crippen LogP contribution in [-0.2, 0) is 19.6 Å². The van der Waals surface area contributed by atoms with Gasteiger partial charge >= 0.3 is 0 Å². The molecule has 0 atom stereocenters. The van der Waals surface area contributed by atoms with Crippen LogP contribution in [0.25, 0.3) is 0 Å². The molecule has 0 unspecified atom stereocenters. The van der Waals surface area contributed by atoms with E-state index in [1.165, 1.54) is 38.2 Å². The lowest BCUT2D eigenvalue weighted by Crippen LogP contribution is -2.38. The molecular formula is C14H23ClN4O4S. The highest BCUT2D eigenvalue weighted by Crippen LogP contribution is 2.17. The minimum Gasteiger partial charge on any atom is -0.355 e. The summed E-state index contributed by atoms with van der Waals surface area (Å²) in [6.45, 7) is 1.95. The van der Waals surface area contributed by atoms with E-state index in [1.54, 1.807) is 0 Å². The number of nitrogens with one attached hydrogen (secondary N) is 2. The van der Waals surface area contributed by atoms with Gasteiger partial charge < -0.3 is 16.4 Å². The van der Waals surface area contributed by atoms with Gasteiger partial charge in [-0.1, -0.05) is 0 Å². The molecule has 0 bridgehead atoms. The van der Waals surface area contributed by atoms with Crippen molar-refractivity contribution in [2.24, 2.45) is 5.73 Å². The fourth-order valence-electron chi connectivity index (χ4n) is 1.77. The van der Waals surface area contributed by atoms with Crippen molar-refractivity contribution in [1.29, 1.82) is 0 Å². The zero-order chi connectivity index (χ0) is 17.5. The monoisotopic (exact) mass is 378 g/mol. The summed E-state index contributed by atoms with van der Waals surface area (Å²) in [6, 6.07) is 5.74. The summed E-state index contributed by atoms with van der Waals surface area (Å²) in [4.78, 5) is 22.7. The fourth-order valence-corrected chi connectivity index (χ4v) is 2.89. The minimum atomic E-state index is -3.77. The largest absolute Gasteiger partial charge is 0.355 e. The highest BCUT2D eigenvalue weighted by molar-refractivity contribution is 7.89. The molecule has 4 N–H and O–H groups in total. The van der Waals surface area contributed by atoms with Gasteiger partial charge in [0.05, 0.1) is 11.4 Å². The van der Waals surface area contributed by atoms with Gasteiger partial charge in [0.25, 0.3) is 0 Å². The van der Waals surface area contributed by atoms with E-state index >= 15 is 0 Å². The lowest BCUT2D eigenvalue weighted by Gasteiger charge is -2.17. The lowest BCUT2D eigenvalue weighted by atomic mass is 10.3. The van der Waals surface area contributed by atoms with E-state index in [2.05, 4.69) is 10.6 Å². The first-order chi connectivity index (χ1) is 10.8. The van der Waals surface area contributed by atoms with Crippen molar-refractivity contribution < 1.29 is 18.0 Å². The summed E-state index contributed by atoms with van der Waals surface area (Å²) in [5.41, 5.74) is 5.82. The van der Waals surface area contributed by atoms with Crippen LogP contribution in [0.3, 0.4) is 0 Å². The number of likely N-dealkylation sites (N-methyl/N-ethyl adjacent to an activating group) is 1. The number of rotatable bonds is 8. The fraction of sp³-hybridized carbons (Fsp3) is 0.429. The number of amides is 2. The standard InChI is InChI=1S/C14H22N4O4S.ClH/c1-11(19)17-12-4-6-13(7-5-12)23(21,22)18(2)10-14(20)16-9-3-8-15;/h4-7H,3,8-10,15H2,1-2H3,(H,16,20)(H,17,19);1H. The van der Waals surface area contributed by atoms with Gasteiger partial charge in [-0.25, -0.2) is 8.42 Å². The van der Waals surface area contributed by atoms with Gasteiger partial charge in [-0.15, -0.1) is 12.4 Å². The zero-order valence-electron chi connectivity index (χ0n) is 13.6.